The molecule has 0 aliphatic carbocycles. The Balaban J connectivity index is 2.50. The molecule has 0 saturated carbocycles. The summed E-state index contributed by atoms with van der Waals surface area (Å²) in [4.78, 5) is 0. The zero-order chi connectivity index (χ0) is 15.6. The second kappa shape index (κ2) is 6.90. The number of hydrogen-bond donors (Lipinski definition) is 1. The molecule has 0 fully saturated rings. The lowest BCUT2D eigenvalue weighted by Crippen LogP contribution is -2.24. The molecule has 1 heterocycles. The number of nitrogens with one attached hydrogen (secondary N) is 1. The third-order valence-corrected chi connectivity index (χ3v) is 4.60. The molecular weight excluding hydrogens is 357 g/mol. The van der Waals surface area contributed by atoms with Crippen LogP contribution >= 0.6 is 27.5 Å². The maximum absolute atomic E-state index is 14.5. The van der Waals surface area contributed by atoms with Gasteiger partial charge in [0.2, 0.25) is 0 Å². The van der Waals surface area contributed by atoms with Crippen LogP contribution in [-0.2, 0) is 7.05 Å². The molecule has 0 bridgehead atoms. The van der Waals surface area contributed by atoms with Gasteiger partial charge in [-0.05, 0) is 41.9 Å². The van der Waals surface area contributed by atoms with Crippen LogP contribution in [0.1, 0.15) is 36.2 Å². The van der Waals surface area contributed by atoms with Crippen LogP contribution in [-0.4, -0.2) is 16.3 Å². The van der Waals surface area contributed by atoms with Crippen LogP contribution in [0.2, 0.25) is 5.02 Å². The van der Waals surface area contributed by atoms with E-state index in [4.69, 9.17) is 11.6 Å². The van der Waals surface area contributed by atoms with Crippen molar-refractivity contribution < 1.29 is 4.39 Å². The molecule has 3 nitrogen and oxygen atoms in total. The van der Waals surface area contributed by atoms with E-state index in [0.717, 1.165) is 24.2 Å². The van der Waals surface area contributed by atoms with Gasteiger partial charge in [-0.3, -0.25) is 4.68 Å². The molecule has 1 aromatic heterocycles. The van der Waals surface area contributed by atoms with Gasteiger partial charge >= 0.3 is 0 Å². The Bertz CT molecular complexity index is 642. The Morgan fingerprint density at radius 1 is 1.43 bits per heavy atom. The van der Waals surface area contributed by atoms with Crippen LogP contribution in [0.15, 0.2) is 22.8 Å². The predicted molar refractivity (Wildman–Crippen MR) is 87.2 cm³/mol. The first-order valence-corrected chi connectivity index (χ1v) is 7.99. The van der Waals surface area contributed by atoms with Gasteiger partial charge in [0.25, 0.3) is 0 Å². The van der Waals surface area contributed by atoms with Gasteiger partial charge in [-0.15, -0.1) is 0 Å². The Morgan fingerprint density at radius 2 is 2.14 bits per heavy atom. The van der Waals surface area contributed by atoms with Gasteiger partial charge in [0.05, 0.1) is 16.8 Å². The van der Waals surface area contributed by atoms with E-state index in [1.807, 2.05) is 20.2 Å². The summed E-state index contributed by atoms with van der Waals surface area (Å²) in [5, 5.41) is 7.83. The van der Waals surface area contributed by atoms with Crippen molar-refractivity contribution in [3.63, 3.8) is 0 Å². The first-order valence-electron chi connectivity index (χ1n) is 6.82. The zero-order valence-corrected chi connectivity index (χ0v) is 14.6. The van der Waals surface area contributed by atoms with Crippen LogP contribution in [0, 0.1) is 12.7 Å². The smallest absolute Gasteiger partial charge is 0.148 e. The molecule has 0 saturated heterocycles. The van der Waals surface area contributed by atoms with Gasteiger partial charge in [-0.2, -0.15) is 5.10 Å². The molecule has 114 valence electrons. The van der Waals surface area contributed by atoms with E-state index in [2.05, 4.69) is 33.3 Å². The Morgan fingerprint density at radius 3 is 2.71 bits per heavy atom. The van der Waals surface area contributed by atoms with Crippen LogP contribution in [0.4, 0.5) is 4.39 Å². The summed E-state index contributed by atoms with van der Waals surface area (Å²) < 4.78 is 16.8. The van der Waals surface area contributed by atoms with Crippen LogP contribution in [0.5, 0.6) is 0 Å². The van der Waals surface area contributed by atoms with Crippen molar-refractivity contribution in [3.8, 4) is 0 Å². The first kappa shape index (κ1) is 16.5. The fourth-order valence-electron chi connectivity index (χ4n) is 2.34. The summed E-state index contributed by atoms with van der Waals surface area (Å²) in [6.45, 7) is 4.78. The van der Waals surface area contributed by atoms with E-state index in [1.165, 1.54) is 0 Å². The number of rotatable bonds is 5. The second-order valence-corrected chi connectivity index (χ2v) is 6.23. The molecule has 0 aliphatic heterocycles. The van der Waals surface area contributed by atoms with Gasteiger partial charge < -0.3 is 5.32 Å². The van der Waals surface area contributed by atoms with E-state index in [0.29, 0.717) is 10.0 Å². The minimum Gasteiger partial charge on any atom is -0.306 e. The van der Waals surface area contributed by atoms with Crippen molar-refractivity contribution in [3.05, 3.63) is 50.5 Å². The standard InChI is InChI=1S/C15H18BrClFN3/c1-4-7-19-15(11-8-21(3)20-9(11)2)10-5-6-12(16)13(17)14(10)18/h5-6,8,15,19H,4,7H2,1-3H3. The average molecular weight is 375 g/mol. The fourth-order valence-corrected chi connectivity index (χ4v) is 2.82. The lowest BCUT2D eigenvalue weighted by Gasteiger charge is -2.20. The number of hydrogen-bond acceptors (Lipinski definition) is 2. The zero-order valence-electron chi connectivity index (χ0n) is 12.3. The van der Waals surface area contributed by atoms with Crippen molar-refractivity contribution in [2.24, 2.45) is 7.05 Å². The number of nitrogens with zero attached hydrogens (tertiary/aromatic N) is 2. The Kier molecular flexibility index (Phi) is 5.41. The third-order valence-electron chi connectivity index (χ3n) is 3.34. The van der Waals surface area contributed by atoms with Crippen LogP contribution in [0.25, 0.3) is 0 Å². The number of aromatic nitrogens is 2. The Labute approximate surface area is 137 Å². The van der Waals surface area contributed by atoms with E-state index in [-0.39, 0.29) is 11.1 Å². The quantitative estimate of drug-likeness (QED) is 0.788. The van der Waals surface area contributed by atoms with Crippen molar-refractivity contribution >= 4 is 27.5 Å². The minimum absolute atomic E-state index is 0.109. The Hall–Kier alpha value is -0.910. The van der Waals surface area contributed by atoms with Gasteiger partial charge in [-0.1, -0.05) is 24.6 Å². The molecule has 0 radical (unpaired) electrons. The molecule has 1 N–H and O–H groups in total. The van der Waals surface area contributed by atoms with Crippen molar-refractivity contribution in [1.29, 1.82) is 0 Å². The number of benzene rings is 1. The van der Waals surface area contributed by atoms with Gasteiger partial charge in [0, 0.05) is 28.8 Å². The SMILES string of the molecule is CCCNC(c1cn(C)nc1C)c1ccc(Br)c(Cl)c1F. The van der Waals surface area contributed by atoms with E-state index in [1.54, 1.807) is 16.8 Å². The average Bonchev–Trinajstić information content (AvgIpc) is 2.77. The first-order chi connectivity index (χ1) is 9.95. The summed E-state index contributed by atoms with van der Waals surface area (Å²) >= 11 is 9.27. The van der Waals surface area contributed by atoms with Crippen molar-refractivity contribution in [2.45, 2.75) is 26.3 Å². The van der Waals surface area contributed by atoms with Crippen LogP contribution < -0.4 is 5.32 Å². The molecule has 1 atom stereocenters. The van der Waals surface area contributed by atoms with Gasteiger partial charge in [0.15, 0.2) is 0 Å². The number of halogens is 3. The molecule has 1 unspecified atom stereocenters. The minimum atomic E-state index is -0.400. The molecule has 0 spiro atoms. The highest BCUT2D eigenvalue weighted by molar-refractivity contribution is 9.10. The highest BCUT2D eigenvalue weighted by atomic mass is 79.9. The lowest BCUT2D eigenvalue weighted by atomic mass is 9.98. The topological polar surface area (TPSA) is 29.9 Å². The summed E-state index contributed by atoms with van der Waals surface area (Å²) in [6, 6.07) is 3.27. The molecule has 0 amide bonds. The van der Waals surface area contributed by atoms with Gasteiger partial charge in [0.1, 0.15) is 5.82 Å². The lowest BCUT2D eigenvalue weighted by molar-refractivity contribution is 0.545. The van der Waals surface area contributed by atoms with E-state index in [9.17, 15) is 4.39 Å². The summed E-state index contributed by atoms with van der Waals surface area (Å²) in [5.41, 5.74) is 2.38. The highest BCUT2D eigenvalue weighted by Gasteiger charge is 2.23. The fraction of sp³-hybridized carbons (Fsp3) is 0.400. The highest BCUT2D eigenvalue weighted by Crippen LogP contribution is 2.33. The molecule has 2 aromatic rings. The van der Waals surface area contributed by atoms with Crippen LogP contribution in [0.3, 0.4) is 0 Å². The summed E-state index contributed by atoms with van der Waals surface area (Å²) in [5.74, 6) is -0.400. The molecule has 0 aliphatic rings. The molecule has 6 heteroatoms. The summed E-state index contributed by atoms with van der Waals surface area (Å²) in [6.07, 6.45) is 2.87. The maximum atomic E-state index is 14.5. The maximum Gasteiger partial charge on any atom is 0.148 e. The van der Waals surface area contributed by atoms with Crippen molar-refractivity contribution in [1.82, 2.24) is 15.1 Å². The molecular formula is C15H18BrClFN3. The van der Waals surface area contributed by atoms with E-state index < -0.39 is 5.82 Å². The number of aryl methyl sites for hydroxylation is 2. The van der Waals surface area contributed by atoms with Crippen molar-refractivity contribution in [2.75, 3.05) is 6.54 Å². The molecule has 2 rings (SSSR count). The molecule has 21 heavy (non-hydrogen) atoms. The predicted octanol–water partition coefficient (Wildman–Crippen LogP) is 4.37. The van der Waals surface area contributed by atoms with Gasteiger partial charge in [-0.25, -0.2) is 4.39 Å². The monoisotopic (exact) mass is 373 g/mol. The normalized spacial score (nSPS) is 12.7. The van der Waals surface area contributed by atoms with E-state index >= 15 is 0 Å². The second-order valence-electron chi connectivity index (χ2n) is 5.00. The third kappa shape index (κ3) is 3.47. The molecule has 1 aromatic carbocycles. The summed E-state index contributed by atoms with van der Waals surface area (Å²) in [7, 11) is 1.86. The largest absolute Gasteiger partial charge is 0.306 e.